The molecule has 1 amide bonds. The van der Waals surface area contributed by atoms with E-state index in [9.17, 15) is 4.79 Å². The van der Waals surface area contributed by atoms with Crippen molar-refractivity contribution in [2.24, 2.45) is 10.8 Å². The first-order valence-corrected chi connectivity index (χ1v) is 4.06. The van der Waals surface area contributed by atoms with Crippen molar-refractivity contribution in [1.29, 1.82) is 0 Å². The Hall–Kier alpha value is -1.22. The van der Waals surface area contributed by atoms with Crippen molar-refractivity contribution in [2.75, 3.05) is 6.54 Å². The lowest BCUT2D eigenvalue weighted by Crippen LogP contribution is -2.09. The van der Waals surface area contributed by atoms with E-state index in [-0.39, 0.29) is 5.91 Å². The summed E-state index contributed by atoms with van der Waals surface area (Å²) >= 11 is 0. The van der Waals surface area contributed by atoms with Gasteiger partial charge >= 0.3 is 0 Å². The number of azide groups is 1. The topological polar surface area (TPSA) is 91.8 Å². The van der Waals surface area contributed by atoms with Crippen LogP contribution in [0.3, 0.4) is 0 Å². The molecule has 12 heavy (non-hydrogen) atoms. The van der Waals surface area contributed by atoms with Crippen LogP contribution in [0.5, 0.6) is 0 Å². The lowest BCUT2D eigenvalue weighted by molar-refractivity contribution is -0.118. The van der Waals surface area contributed by atoms with Gasteiger partial charge in [0, 0.05) is 17.9 Å². The van der Waals surface area contributed by atoms with Gasteiger partial charge in [0.1, 0.15) is 0 Å². The highest BCUT2D eigenvalue weighted by Crippen LogP contribution is 2.02. The largest absolute Gasteiger partial charge is 0.370 e. The third-order valence-corrected chi connectivity index (χ3v) is 1.49. The van der Waals surface area contributed by atoms with Crippen molar-refractivity contribution in [3.63, 3.8) is 0 Å². The predicted molar refractivity (Wildman–Crippen MR) is 46.3 cm³/mol. The highest BCUT2D eigenvalue weighted by molar-refractivity contribution is 5.73. The number of amides is 1. The molecule has 0 heterocycles. The molecule has 0 aromatic heterocycles. The van der Waals surface area contributed by atoms with Crippen LogP contribution in [0.1, 0.15) is 32.1 Å². The summed E-state index contributed by atoms with van der Waals surface area (Å²) in [4.78, 5) is 12.9. The van der Waals surface area contributed by atoms with Gasteiger partial charge in [0.15, 0.2) is 0 Å². The number of nitrogens with zero attached hydrogens (tertiary/aromatic N) is 3. The number of rotatable bonds is 7. The fraction of sp³-hybridized carbons (Fsp3) is 0.857. The summed E-state index contributed by atoms with van der Waals surface area (Å²) in [6.45, 7) is 0.549. The van der Waals surface area contributed by atoms with Gasteiger partial charge in [-0.3, -0.25) is 4.79 Å². The van der Waals surface area contributed by atoms with Gasteiger partial charge in [-0.05, 0) is 18.4 Å². The van der Waals surface area contributed by atoms with Crippen molar-refractivity contribution in [2.45, 2.75) is 32.1 Å². The van der Waals surface area contributed by atoms with Crippen LogP contribution >= 0.6 is 0 Å². The molecule has 0 radical (unpaired) electrons. The van der Waals surface area contributed by atoms with E-state index in [0.29, 0.717) is 13.0 Å². The third-order valence-electron chi connectivity index (χ3n) is 1.49. The second-order valence-corrected chi connectivity index (χ2v) is 2.58. The number of carbonyl (C=O) groups is 1. The highest BCUT2D eigenvalue weighted by Gasteiger charge is 1.93. The Morgan fingerprint density at radius 2 is 2.00 bits per heavy atom. The number of nitrogens with two attached hydrogens (primary N) is 1. The SMILES string of the molecule is [N-]=[N+]=NCCCCCCC(N)=O. The van der Waals surface area contributed by atoms with E-state index < -0.39 is 0 Å². The summed E-state index contributed by atoms with van der Waals surface area (Å²) in [5.41, 5.74) is 12.9. The molecule has 0 rings (SSSR count). The minimum atomic E-state index is -0.245. The molecule has 2 N–H and O–H groups in total. The van der Waals surface area contributed by atoms with E-state index in [0.717, 1.165) is 25.7 Å². The fourth-order valence-corrected chi connectivity index (χ4v) is 0.880. The standard InChI is InChI=1S/C7H14N4O/c8-7(12)5-3-1-2-4-6-10-11-9/h1-6H2,(H2,8,12). The zero-order chi connectivity index (χ0) is 9.23. The molecule has 0 aliphatic heterocycles. The smallest absolute Gasteiger partial charge is 0.217 e. The monoisotopic (exact) mass is 170 g/mol. The molecule has 5 heteroatoms. The summed E-state index contributed by atoms with van der Waals surface area (Å²) < 4.78 is 0. The van der Waals surface area contributed by atoms with Gasteiger partial charge in [-0.1, -0.05) is 18.0 Å². The van der Waals surface area contributed by atoms with E-state index in [1.807, 2.05) is 0 Å². The number of hydrogen-bond acceptors (Lipinski definition) is 2. The summed E-state index contributed by atoms with van der Waals surface area (Å²) in [6.07, 6.45) is 4.16. The second-order valence-electron chi connectivity index (χ2n) is 2.58. The van der Waals surface area contributed by atoms with Gasteiger partial charge in [0.2, 0.25) is 5.91 Å². The highest BCUT2D eigenvalue weighted by atomic mass is 16.1. The second kappa shape index (κ2) is 7.88. The molecule has 0 aromatic carbocycles. The van der Waals surface area contributed by atoms with E-state index in [2.05, 4.69) is 10.0 Å². The zero-order valence-corrected chi connectivity index (χ0v) is 7.07. The Balaban J connectivity index is 3.00. The average Bonchev–Trinajstić information content (AvgIpc) is 2.02. The molecule has 0 fully saturated rings. The maximum absolute atomic E-state index is 10.3. The van der Waals surface area contributed by atoms with Crippen molar-refractivity contribution in [1.82, 2.24) is 0 Å². The molecule has 0 atom stereocenters. The van der Waals surface area contributed by atoms with E-state index in [1.54, 1.807) is 0 Å². The number of primary amides is 1. The molecule has 5 nitrogen and oxygen atoms in total. The van der Waals surface area contributed by atoms with Crippen LogP contribution < -0.4 is 5.73 Å². The first-order valence-electron chi connectivity index (χ1n) is 4.06. The van der Waals surface area contributed by atoms with Crippen LogP contribution in [0, 0.1) is 0 Å². The molecule has 0 saturated heterocycles. The van der Waals surface area contributed by atoms with Crippen LogP contribution in [-0.2, 0) is 4.79 Å². The van der Waals surface area contributed by atoms with Crippen LogP contribution in [0.15, 0.2) is 5.11 Å². The van der Waals surface area contributed by atoms with Crippen molar-refractivity contribution < 1.29 is 4.79 Å². The number of hydrogen-bond donors (Lipinski definition) is 1. The molecule has 0 spiro atoms. The zero-order valence-electron chi connectivity index (χ0n) is 7.07. The van der Waals surface area contributed by atoms with Crippen molar-refractivity contribution in [3.8, 4) is 0 Å². The predicted octanol–water partition coefficient (Wildman–Crippen LogP) is 1.73. The molecular formula is C7H14N4O. The number of unbranched alkanes of at least 4 members (excludes halogenated alkanes) is 3. The van der Waals surface area contributed by atoms with Gasteiger partial charge in [-0.25, -0.2) is 0 Å². The minimum absolute atomic E-state index is 0.245. The summed E-state index contributed by atoms with van der Waals surface area (Å²) in [5, 5.41) is 3.39. The Bertz CT molecular complexity index is 168. The molecule has 0 aliphatic carbocycles. The lowest BCUT2D eigenvalue weighted by atomic mass is 10.1. The summed E-state index contributed by atoms with van der Waals surface area (Å²) in [6, 6.07) is 0. The van der Waals surface area contributed by atoms with Gasteiger partial charge in [0.25, 0.3) is 0 Å². The van der Waals surface area contributed by atoms with Crippen LogP contribution in [0.4, 0.5) is 0 Å². The maximum Gasteiger partial charge on any atom is 0.217 e. The van der Waals surface area contributed by atoms with Gasteiger partial charge in [-0.15, -0.1) is 0 Å². The van der Waals surface area contributed by atoms with E-state index in [1.165, 1.54) is 0 Å². The molecule has 0 aliphatic rings. The first-order chi connectivity index (χ1) is 5.77. The Labute approximate surface area is 71.6 Å². The van der Waals surface area contributed by atoms with E-state index >= 15 is 0 Å². The first kappa shape index (κ1) is 10.8. The van der Waals surface area contributed by atoms with Crippen LogP contribution in [-0.4, -0.2) is 12.5 Å². The third kappa shape index (κ3) is 8.78. The lowest BCUT2D eigenvalue weighted by Gasteiger charge is -1.95. The van der Waals surface area contributed by atoms with Gasteiger partial charge in [-0.2, -0.15) is 0 Å². The van der Waals surface area contributed by atoms with Gasteiger partial charge in [0.05, 0.1) is 0 Å². The summed E-state index contributed by atoms with van der Waals surface area (Å²) in [7, 11) is 0. The van der Waals surface area contributed by atoms with Gasteiger partial charge < -0.3 is 5.73 Å². The normalized spacial score (nSPS) is 9.00. The molecule has 68 valence electrons. The van der Waals surface area contributed by atoms with E-state index in [4.69, 9.17) is 11.3 Å². The molecule has 0 aromatic rings. The quantitative estimate of drug-likeness (QED) is 0.268. The molecule has 0 bridgehead atoms. The molecule has 0 saturated carbocycles. The Kier molecular flexibility index (Phi) is 7.08. The van der Waals surface area contributed by atoms with Crippen LogP contribution in [0.25, 0.3) is 10.4 Å². The van der Waals surface area contributed by atoms with Crippen molar-refractivity contribution >= 4 is 5.91 Å². The number of carbonyl (C=O) groups excluding carboxylic acids is 1. The minimum Gasteiger partial charge on any atom is -0.370 e. The van der Waals surface area contributed by atoms with Crippen molar-refractivity contribution in [3.05, 3.63) is 10.4 Å². The Morgan fingerprint density at radius 3 is 2.58 bits per heavy atom. The maximum atomic E-state index is 10.3. The Morgan fingerprint density at radius 1 is 1.33 bits per heavy atom. The fourth-order valence-electron chi connectivity index (χ4n) is 0.880. The van der Waals surface area contributed by atoms with Crippen LogP contribution in [0.2, 0.25) is 0 Å². The summed E-state index contributed by atoms with van der Waals surface area (Å²) in [5.74, 6) is -0.245. The average molecular weight is 170 g/mol. The molecular weight excluding hydrogens is 156 g/mol. The molecule has 0 unspecified atom stereocenters.